The summed E-state index contributed by atoms with van der Waals surface area (Å²) in [6, 6.07) is 14.4. The number of methoxy groups -OCH3 is 1. The van der Waals surface area contributed by atoms with Crippen LogP contribution in [0, 0.1) is 23.6 Å². The number of alkyl halides is 1. The van der Waals surface area contributed by atoms with Crippen molar-refractivity contribution in [3.63, 3.8) is 0 Å². The van der Waals surface area contributed by atoms with E-state index in [0.717, 1.165) is 95.7 Å². The third kappa shape index (κ3) is 8.47. The first kappa shape index (κ1) is 40.2. The summed E-state index contributed by atoms with van der Waals surface area (Å²) in [5.41, 5.74) is 1.79. The molecule has 0 spiro atoms. The number of hydrogen-bond donors (Lipinski definition) is 1. The molecule has 2 aromatic rings. The molecule has 6 fully saturated rings. The number of nitrogens with one attached hydrogen (secondary N) is 1. The molecule has 57 heavy (non-hydrogen) atoms. The van der Waals surface area contributed by atoms with E-state index < -0.39 is 27.4 Å². The predicted molar refractivity (Wildman–Crippen MR) is 215 cm³/mol. The summed E-state index contributed by atoms with van der Waals surface area (Å²) in [6.45, 7) is 9.42. The van der Waals surface area contributed by atoms with Crippen molar-refractivity contribution in [2.24, 2.45) is 17.8 Å². The van der Waals surface area contributed by atoms with Crippen molar-refractivity contribution in [2.75, 3.05) is 97.1 Å². The average Bonchev–Trinajstić information content (AvgIpc) is 3.60. The number of benzene rings is 2. The van der Waals surface area contributed by atoms with Crippen molar-refractivity contribution < 1.29 is 31.5 Å². The number of sulfone groups is 1. The van der Waals surface area contributed by atoms with Crippen molar-refractivity contribution in [1.82, 2.24) is 24.9 Å². The van der Waals surface area contributed by atoms with E-state index in [4.69, 9.17) is 4.74 Å². The number of halogens is 2. The number of anilines is 1. The molecule has 5 aliphatic heterocycles. The highest BCUT2D eigenvalue weighted by Crippen LogP contribution is 2.51. The summed E-state index contributed by atoms with van der Waals surface area (Å²) in [6.07, 6.45) is 8.12. The van der Waals surface area contributed by atoms with Crippen molar-refractivity contribution >= 4 is 27.5 Å². The predicted octanol–water partition coefficient (Wildman–Crippen LogP) is 4.34. The maximum atomic E-state index is 15.0. The average molecular weight is 809 g/mol. The van der Waals surface area contributed by atoms with Gasteiger partial charge in [-0.25, -0.2) is 22.0 Å². The Kier molecular flexibility index (Phi) is 12.0. The Morgan fingerprint density at radius 2 is 1.63 bits per heavy atom. The normalized spacial score (nSPS) is 25.7. The minimum atomic E-state index is -3.56. The van der Waals surface area contributed by atoms with Gasteiger partial charge in [0.15, 0.2) is 9.84 Å². The van der Waals surface area contributed by atoms with Crippen LogP contribution in [0.1, 0.15) is 44.1 Å². The molecule has 11 nitrogen and oxygen atoms in total. The topological polar surface area (TPSA) is 106 Å². The SMILES string of the molecule is COC(=O)NC1CCCC1C(CN1CCC1)(c1cccc(F)c1)C1CCN(CC2CN(c3ccc(S(=O)(=O)C4CN(C(=O)C=CCN5CC(F)C5)C4)cc3)C2)CC1. The van der Waals surface area contributed by atoms with Crippen molar-refractivity contribution in [1.29, 1.82) is 0 Å². The van der Waals surface area contributed by atoms with Gasteiger partial charge < -0.3 is 29.7 Å². The van der Waals surface area contributed by atoms with Gasteiger partial charge in [0.1, 0.15) is 17.2 Å². The lowest BCUT2D eigenvalue weighted by Gasteiger charge is -2.54. The first-order chi connectivity index (χ1) is 27.5. The maximum absolute atomic E-state index is 15.0. The van der Waals surface area contributed by atoms with Crippen LogP contribution in [0.15, 0.2) is 65.6 Å². The van der Waals surface area contributed by atoms with Gasteiger partial charge in [-0.05, 0) is 112 Å². The van der Waals surface area contributed by atoms with Gasteiger partial charge in [0, 0.05) is 88.0 Å². The van der Waals surface area contributed by atoms with E-state index in [0.29, 0.717) is 31.5 Å². The number of likely N-dealkylation sites (tertiary alicyclic amines) is 4. The highest BCUT2D eigenvalue weighted by Gasteiger charge is 2.53. The molecular formula is C43H58F2N6O5S. The molecule has 3 atom stereocenters. The van der Waals surface area contributed by atoms with Crippen molar-refractivity contribution in [3.8, 4) is 0 Å². The number of carbonyl (C=O) groups excluding carboxylic acids is 2. The molecule has 310 valence electrons. The Morgan fingerprint density at radius 3 is 2.28 bits per heavy atom. The zero-order chi connectivity index (χ0) is 39.7. The third-order valence-corrected chi connectivity index (χ3v) is 16.0. The second-order valence-corrected chi connectivity index (χ2v) is 19.7. The van der Waals surface area contributed by atoms with Gasteiger partial charge in [0.2, 0.25) is 5.91 Å². The van der Waals surface area contributed by atoms with Gasteiger partial charge in [-0.2, -0.15) is 0 Å². The molecule has 2 amide bonds. The number of rotatable bonds is 14. The molecule has 5 heterocycles. The number of ether oxygens (including phenoxy) is 1. The second-order valence-electron chi connectivity index (χ2n) is 17.4. The molecule has 2 aromatic carbocycles. The molecule has 1 saturated carbocycles. The van der Waals surface area contributed by atoms with Crippen LogP contribution >= 0.6 is 0 Å². The van der Waals surface area contributed by atoms with Gasteiger partial charge in [0.05, 0.1) is 12.0 Å². The molecule has 0 radical (unpaired) electrons. The highest BCUT2D eigenvalue weighted by molar-refractivity contribution is 7.92. The zero-order valence-electron chi connectivity index (χ0n) is 33.1. The minimum Gasteiger partial charge on any atom is -0.453 e. The number of alkyl carbamates (subject to hydrolysis) is 1. The van der Waals surface area contributed by atoms with E-state index in [1.807, 2.05) is 23.1 Å². The van der Waals surface area contributed by atoms with Crippen molar-refractivity contribution in [3.05, 3.63) is 72.1 Å². The molecule has 6 aliphatic rings. The molecule has 0 aromatic heterocycles. The van der Waals surface area contributed by atoms with Gasteiger partial charge >= 0.3 is 6.09 Å². The first-order valence-corrected chi connectivity index (χ1v) is 22.5. The van der Waals surface area contributed by atoms with Crippen LogP contribution < -0.4 is 10.2 Å². The molecular weight excluding hydrogens is 751 g/mol. The van der Waals surface area contributed by atoms with Crippen LogP contribution in [-0.2, 0) is 24.8 Å². The van der Waals surface area contributed by atoms with Crippen LogP contribution in [0.25, 0.3) is 0 Å². The Bertz CT molecular complexity index is 1870. The maximum Gasteiger partial charge on any atom is 0.407 e. The van der Waals surface area contributed by atoms with Crippen LogP contribution in [0.4, 0.5) is 19.3 Å². The summed E-state index contributed by atoms with van der Waals surface area (Å²) in [5.74, 6) is 0.632. The Labute approximate surface area is 336 Å². The summed E-state index contributed by atoms with van der Waals surface area (Å²) >= 11 is 0. The summed E-state index contributed by atoms with van der Waals surface area (Å²) in [4.78, 5) is 36.1. The Hall–Kier alpha value is -3.59. The molecule has 0 bridgehead atoms. The monoisotopic (exact) mass is 808 g/mol. The molecule has 5 saturated heterocycles. The van der Waals surface area contributed by atoms with E-state index >= 15 is 4.39 Å². The Morgan fingerprint density at radius 1 is 0.895 bits per heavy atom. The van der Waals surface area contributed by atoms with Crippen LogP contribution in [-0.4, -0.2) is 150 Å². The van der Waals surface area contributed by atoms with Gasteiger partial charge in [-0.3, -0.25) is 9.69 Å². The number of amides is 2. The largest absolute Gasteiger partial charge is 0.453 e. The quantitative estimate of drug-likeness (QED) is 0.280. The van der Waals surface area contributed by atoms with Gasteiger partial charge in [-0.1, -0.05) is 24.6 Å². The summed E-state index contributed by atoms with van der Waals surface area (Å²) in [7, 11) is -2.14. The molecule has 1 aliphatic carbocycles. The highest BCUT2D eigenvalue weighted by atomic mass is 32.2. The van der Waals surface area contributed by atoms with E-state index in [2.05, 4.69) is 26.1 Å². The van der Waals surface area contributed by atoms with Gasteiger partial charge in [-0.15, -0.1) is 0 Å². The molecule has 14 heteroatoms. The fourth-order valence-electron chi connectivity index (χ4n) is 10.5. The lowest BCUT2D eigenvalue weighted by Crippen LogP contribution is -2.60. The Balaban J connectivity index is 0.844. The van der Waals surface area contributed by atoms with Gasteiger partial charge in [0.25, 0.3) is 0 Å². The van der Waals surface area contributed by atoms with Crippen LogP contribution in [0.5, 0.6) is 0 Å². The lowest BCUT2D eigenvalue weighted by molar-refractivity contribution is -0.129. The number of carbonyl (C=O) groups is 2. The number of hydrogen-bond acceptors (Lipinski definition) is 9. The fourth-order valence-corrected chi connectivity index (χ4v) is 12.2. The summed E-state index contributed by atoms with van der Waals surface area (Å²) < 4.78 is 59.7. The van der Waals surface area contributed by atoms with E-state index in [1.165, 1.54) is 30.6 Å². The first-order valence-electron chi connectivity index (χ1n) is 21.0. The lowest BCUT2D eigenvalue weighted by atomic mass is 9.57. The zero-order valence-corrected chi connectivity index (χ0v) is 33.9. The third-order valence-electron chi connectivity index (χ3n) is 13.9. The van der Waals surface area contributed by atoms with E-state index in [9.17, 15) is 22.4 Å². The second kappa shape index (κ2) is 16.9. The van der Waals surface area contributed by atoms with E-state index in [1.54, 1.807) is 24.3 Å². The fraction of sp³-hybridized carbons (Fsp3) is 0.628. The number of piperidine rings is 1. The van der Waals surface area contributed by atoms with Crippen LogP contribution in [0.3, 0.4) is 0 Å². The van der Waals surface area contributed by atoms with Crippen molar-refractivity contribution in [2.45, 2.75) is 66.3 Å². The molecule has 1 N–H and O–H groups in total. The molecule has 8 rings (SSSR count). The number of nitrogens with zero attached hydrogens (tertiary/aromatic N) is 5. The molecule has 3 unspecified atom stereocenters. The van der Waals surface area contributed by atoms with E-state index in [-0.39, 0.29) is 47.1 Å². The summed E-state index contributed by atoms with van der Waals surface area (Å²) in [5, 5.41) is 2.56. The standard InChI is InChI=1S/C43H58F2N6O5S/c1-56-42(53)46-40-9-3-8-39(40)43(30-48-18-5-19-48,33-6-2-7-34(44)22-33)32-15-20-47(21-16-32)23-31-24-50(25-31)36-11-13-37(14-12-36)57(54,55)38-28-51(29-38)41(52)10-4-17-49-26-35(45)27-49/h2,4,6-7,10-14,22,31-32,35,38-40H,3,5,8-9,15-21,23-30H2,1H3,(H,46,53). The van der Waals surface area contributed by atoms with Crippen LogP contribution in [0.2, 0.25) is 0 Å². The minimum absolute atomic E-state index is 0.0167. The smallest absolute Gasteiger partial charge is 0.407 e.